The second-order valence-electron chi connectivity index (χ2n) is 5.37. The number of aromatic nitrogens is 6. The first-order valence-electron chi connectivity index (χ1n) is 7.55. The van der Waals surface area contributed by atoms with Gasteiger partial charge < -0.3 is 10.3 Å². The van der Waals surface area contributed by atoms with Crippen LogP contribution in [0.4, 0.5) is 10.3 Å². The lowest BCUT2D eigenvalue weighted by Crippen LogP contribution is -2.10. The van der Waals surface area contributed by atoms with E-state index in [-0.39, 0.29) is 11.8 Å². The zero-order chi connectivity index (χ0) is 17.6. The molecule has 0 aliphatic rings. The number of halogens is 2. The molecule has 0 amide bonds. The van der Waals surface area contributed by atoms with E-state index in [2.05, 4.69) is 20.1 Å². The first kappa shape index (κ1) is 15.5. The van der Waals surface area contributed by atoms with Gasteiger partial charge in [-0.2, -0.15) is 14.8 Å². The van der Waals surface area contributed by atoms with Gasteiger partial charge in [-0.1, -0.05) is 11.6 Å². The molecular formula is C16H13ClFN7. The van der Waals surface area contributed by atoms with Gasteiger partial charge in [0.25, 0.3) is 0 Å². The first-order chi connectivity index (χ1) is 12.1. The molecule has 0 fully saturated rings. The maximum absolute atomic E-state index is 14.4. The summed E-state index contributed by atoms with van der Waals surface area (Å²) in [6.07, 6.45) is 4.56. The van der Waals surface area contributed by atoms with E-state index in [0.29, 0.717) is 34.2 Å². The first-order valence-corrected chi connectivity index (χ1v) is 7.93. The van der Waals surface area contributed by atoms with Crippen molar-refractivity contribution in [1.82, 2.24) is 29.3 Å². The van der Waals surface area contributed by atoms with Crippen molar-refractivity contribution in [3.8, 4) is 17.1 Å². The highest BCUT2D eigenvalue weighted by Crippen LogP contribution is 2.33. The highest BCUT2D eigenvalue weighted by Gasteiger charge is 2.19. The lowest BCUT2D eigenvalue weighted by Gasteiger charge is -2.10. The molecular weight excluding hydrogens is 345 g/mol. The number of nitrogen functional groups attached to an aromatic ring is 1. The molecule has 3 heterocycles. The Balaban J connectivity index is 2.06. The van der Waals surface area contributed by atoms with Crippen LogP contribution in [0.1, 0.15) is 6.92 Å². The summed E-state index contributed by atoms with van der Waals surface area (Å²) in [5.74, 6) is 0.321. The van der Waals surface area contributed by atoms with Crippen LogP contribution in [0.3, 0.4) is 0 Å². The summed E-state index contributed by atoms with van der Waals surface area (Å²) < 4.78 is 17.7. The highest BCUT2D eigenvalue weighted by molar-refractivity contribution is 6.30. The summed E-state index contributed by atoms with van der Waals surface area (Å²) in [4.78, 5) is 12.7. The molecule has 0 spiro atoms. The zero-order valence-corrected chi connectivity index (χ0v) is 13.9. The Hall–Kier alpha value is -3.00. The summed E-state index contributed by atoms with van der Waals surface area (Å²) in [5, 5.41) is 4.55. The number of imidazole rings is 1. The van der Waals surface area contributed by atoms with Gasteiger partial charge in [-0.3, -0.25) is 4.98 Å². The normalized spacial score (nSPS) is 11.3. The Morgan fingerprint density at radius 3 is 2.80 bits per heavy atom. The quantitative estimate of drug-likeness (QED) is 0.608. The Labute approximate surface area is 146 Å². The summed E-state index contributed by atoms with van der Waals surface area (Å²) in [7, 11) is 0. The van der Waals surface area contributed by atoms with Gasteiger partial charge >= 0.3 is 0 Å². The molecule has 4 rings (SSSR count). The average molecular weight is 358 g/mol. The molecule has 1 aromatic carbocycles. The summed E-state index contributed by atoms with van der Waals surface area (Å²) >= 11 is 6.05. The van der Waals surface area contributed by atoms with Gasteiger partial charge in [-0.25, -0.2) is 9.37 Å². The number of pyridine rings is 1. The lowest BCUT2D eigenvalue weighted by atomic mass is 10.1. The van der Waals surface area contributed by atoms with E-state index in [4.69, 9.17) is 17.3 Å². The van der Waals surface area contributed by atoms with Crippen LogP contribution < -0.4 is 5.73 Å². The Morgan fingerprint density at radius 2 is 2.08 bits per heavy atom. The third-order valence-corrected chi connectivity index (χ3v) is 4.16. The van der Waals surface area contributed by atoms with Crippen molar-refractivity contribution >= 4 is 28.6 Å². The Kier molecular flexibility index (Phi) is 3.61. The number of aryl methyl sites for hydroxylation is 1. The van der Waals surface area contributed by atoms with Crippen LogP contribution in [0, 0.1) is 5.82 Å². The van der Waals surface area contributed by atoms with E-state index in [9.17, 15) is 4.39 Å². The number of nitrogens with zero attached hydrogens (tertiary/aromatic N) is 6. The van der Waals surface area contributed by atoms with Gasteiger partial charge in [-0.15, -0.1) is 0 Å². The van der Waals surface area contributed by atoms with Gasteiger partial charge in [0.1, 0.15) is 17.7 Å². The number of nitrogens with two attached hydrogens (primary N) is 1. The van der Waals surface area contributed by atoms with E-state index < -0.39 is 0 Å². The van der Waals surface area contributed by atoms with Crippen molar-refractivity contribution in [2.24, 2.45) is 0 Å². The monoisotopic (exact) mass is 357 g/mol. The third-order valence-electron chi connectivity index (χ3n) is 3.93. The predicted molar refractivity (Wildman–Crippen MR) is 92.9 cm³/mol. The Bertz CT molecular complexity index is 1090. The van der Waals surface area contributed by atoms with Crippen molar-refractivity contribution in [2.45, 2.75) is 13.5 Å². The van der Waals surface area contributed by atoms with E-state index in [1.165, 1.54) is 23.1 Å². The third kappa shape index (κ3) is 2.42. The van der Waals surface area contributed by atoms with E-state index in [1.807, 2.05) is 11.5 Å². The van der Waals surface area contributed by atoms with Crippen LogP contribution >= 0.6 is 11.6 Å². The predicted octanol–water partition coefficient (Wildman–Crippen LogP) is 3.07. The molecule has 0 aliphatic heterocycles. The van der Waals surface area contributed by atoms with Crippen LogP contribution in [0.15, 0.2) is 36.9 Å². The lowest BCUT2D eigenvalue weighted by molar-refractivity contribution is 0.631. The fraction of sp³-hybridized carbons (Fsp3) is 0.125. The number of benzene rings is 1. The molecule has 0 atom stereocenters. The van der Waals surface area contributed by atoms with E-state index in [0.717, 1.165) is 5.52 Å². The van der Waals surface area contributed by atoms with Gasteiger partial charge in [0.2, 0.25) is 11.9 Å². The summed E-state index contributed by atoms with van der Waals surface area (Å²) in [6, 6.07) is 4.41. The van der Waals surface area contributed by atoms with Crippen LogP contribution in [0.25, 0.3) is 28.1 Å². The maximum atomic E-state index is 14.4. The number of anilines is 1. The minimum absolute atomic E-state index is 0.216. The molecule has 0 bridgehead atoms. The smallest absolute Gasteiger partial charge is 0.235 e. The maximum Gasteiger partial charge on any atom is 0.235 e. The largest absolute Gasteiger partial charge is 0.368 e. The summed E-state index contributed by atoms with van der Waals surface area (Å²) in [5.41, 5.74) is 8.13. The van der Waals surface area contributed by atoms with Crippen molar-refractivity contribution in [3.63, 3.8) is 0 Å². The number of hydrogen-bond donors (Lipinski definition) is 1. The van der Waals surface area contributed by atoms with Crippen LogP contribution in [-0.2, 0) is 6.54 Å². The molecule has 9 heteroatoms. The standard InChI is InChI=1S/C16H13ClFN7/c1-2-24-14-11(10-5-9(17)3-4-12(10)18)6-20-7-13(14)23-16(24)25-15(19)21-8-22-25/h3-8H,2H2,1H3,(H2,19,21,22). The van der Waals surface area contributed by atoms with Crippen LogP contribution in [0.2, 0.25) is 5.02 Å². The zero-order valence-electron chi connectivity index (χ0n) is 13.2. The molecule has 0 aliphatic carbocycles. The average Bonchev–Trinajstić information content (AvgIpc) is 3.19. The van der Waals surface area contributed by atoms with Crippen LogP contribution in [0.5, 0.6) is 0 Å². The minimum atomic E-state index is -0.385. The van der Waals surface area contributed by atoms with Gasteiger partial charge in [0.05, 0.1) is 11.7 Å². The van der Waals surface area contributed by atoms with Crippen molar-refractivity contribution in [2.75, 3.05) is 5.73 Å². The molecule has 0 saturated carbocycles. The molecule has 126 valence electrons. The van der Waals surface area contributed by atoms with E-state index in [1.54, 1.807) is 18.5 Å². The Morgan fingerprint density at radius 1 is 1.24 bits per heavy atom. The van der Waals surface area contributed by atoms with Gasteiger partial charge in [0, 0.05) is 28.9 Å². The van der Waals surface area contributed by atoms with Crippen LogP contribution in [-0.4, -0.2) is 29.3 Å². The molecule has 25 heavy (non-hydrogen) atoms. The minimum Gasteiger partial charge on any atom is -0.368 e. The molecule has 7 nitrogen and oxygen atoms in total. The molecule has 0 radical (unpaired) electrons. The number of hydrogen-bond acceptors (Lipinski definition) is 5. The van der Waals surface area contributed by atoms with Gasteiger partial charge in [0.15, 0.2) is 0 Å². The fourth-order valence-electron chi connectivity index (χ4n) is 2.84. The number of fused-ring (bicyclic) bond motifs is 1. The van der Waals surface area contributed by atoms with Crippen molar-refractivity contribution in [1.29, 1.82) is 0 Å². The second-order valence-corrected chi connectivity index (χ2v) is 5.80. The highest BCUT2D eigenvalue weighted by atomic mass is 35.5. The molecule has 0 saturated heterocycles. The van der Waals surface area contributed by atoms with Crippen molar-refractivity contribution < 1.29 is 4.39 Å². The topological polar surface area (TPSA) is 87.4 Å². The van der Waals surface area contributed by atoms with E-state index >= 15 is 0 Å². The molecule has 4 aromatic rings. The molecule has 3 aromatic heterocycles. The summed E-state index contributed by atoms with van der Waals surface area (Å²) in [6.45, 7) is 2.53. The second kappa shape index (κ2) is 5.82. The van der Waals surface area contributed by atoms with Gasteiger partial charge in [-0.05, 0) is 25.1 Å². The molecule has 0 unspecified atom stereocenters. The van der Waals surface area contributed by atoms with Crippen molar-refractivity contribution in [3.05, 3.63) is 47.8 Å². The fourth-order valence-corrected chi connectivity index (χ4v) is 3.02. The number of rotatable bonds is 3. The SMILES string of the molecule is CCn1c(-n2ncnc2N)nc2cncc(-c3cc(Cl)ccc3F)c21. The molecule has 2 N–H and O–H groups in total.